The molecule has 0 spiro atoms. The van der Waals surface area contributed by atoms with E-state index in [2.05, 4.69) is 40.1 Å². The average Bonchev–Trinajstić information content (AvgIpc) is 2.67. The lowest BCUT2D eigenvalue weighted by atomic mass is 9.97. The molecule has 7 nitrogen and oxygen atoms in total. The Morgan fingerprint density at radius 3 is 2.56 bits per heavy atom. The van der Waals surface area contributed by atoms with Crippen molar-refractivity contribution in [1.29, 1.82) is 0 Å². The van der Waals surface area contributed by atoms with E-state index in [1.165, 1.54) is 0 Å². The van der Waals surface area contributed by atoms with E-state index >= 15 is 0 Å². The third-order valence-corrected chi connectivity index (χ3v) is 4.80. The number of ether oxygens (including phenoxy) is 1. The fourth-order valence-electron chi connectivity index (χ4n) is 3.50. The maximum atomic E-state index is 12.9. The van der Waals surface area contributed by atoms with Gasteiger partial charge in [-0.2, -0.15) is 0 Å². The van der Waals surface area contributed by atoms with E-state index in [1.54, 1.807) is 19.5 Å². The van der Waals surface area contributed by atoms with Crippen LogP contribution in [0.2, 0.25) is 0 Å². The molecule has 0 bridgehead atoms. The molecule has 27 heavy (non-hydrogen) atoms. The highest BCUT2D eigenvalue weighted by atomic mass is 16.5. The summed E-state index contributed by atoms with van der Waals surface area (Å²) in [6.07, 6.45) is 3.18. The molecule has 144 valence electrons. The minimum atomic E-state index is -0.229. The van der Waals surface area contributed by atoms with Crippen LogP contribution in [-0.4, -0.2) is 59.6 Å². The third-order valence-electron chi connectivity index (χ3n) is 4.80. The first-order valence-electron chi connectivity index (χ1n) is 9.22. The highest BCUT2D eigenvalue weighted by molar-refractivity contribution is 5.94. The topological polar surface area (TPSA) is 70.6 Å². The van der Waals surface area contributed by atoms with E-state index < -0.39 is 0 Å². The number of para-hydroxylation sites is 2. The Morgan fingerprint density at radius 1 is 1.22 bits per heavy atom. The molecule has 1 aliphatic rings. The normalized spacial score (nSPS) is 16.1. The lowest BCUT2D eigenvalue weighted by molar-refractivity contribution is 0.0685. The number of hydrogen-bond acceptors (Lipinski definition) is 6. The van der Waals surface area contributed by atoms with Crippen LogP contribution in [0.1, 0.15) is 31.1 Å². The summed E-state index contributed by atoms with van der Waals surface area (Å²) in [4.78, 5) is 25.5. The smallest absolute Gasteiger partial charge is 0.257 e. The van der Waals surface area contributed by atoms with Gasteiger partial charge in [0.2, 0.25) is 5.95 Å². The summed E-state index contributed by atoms with van der Waals surface area (Å²) in [6, 6.07) is 8.00. The van der Waals surface area contributed by atoms with E-state index in [1.807, 2.05) is 30.0 Å². The number of methoxy groups -OCH3 is 1. The first-order valence-corrected chi connectivity index (χ1v) is 9.22. The Labute approximate surface area is 160 Å². The van der Waals surface area contributed by atoms with Gasteiger partial charge in [0, 0.05) is 38.6 Å². The Kier molecular flexibility index (Phi) is 5.48. The van der Waals surface area contributed by atoms with E-state index in [9.17, 15) is 4.79 Å². The summed E-state index contributed by atoms with van der Waals surface area (Å²) in [7, 11) is 1.68. The third kappa shape index (κ3) is 3.97. The molecule has 0 aliphatic carbocycles. The van der Waals surface area contributed by atoms with Crippen LogP contribution < -0.4 is 15.0 Å². The van der Waals surface area contributed by atoms with Gasteiger partial charge in [-0.1, -0.05) is 12.1 Å². The number of nitrogens with zero attached hydrogens (tertiary/aromatic N) is 4. The number of benzene rings is 1. The number of hydrogen-bond donors (Lipinski definition) is 1. The lowest BCUT2D eigenvalue weighted by Gasteiger charge is -2.48. The maximum absolute atomic E-state index is 12.9. The number of aromatic nitrogens is 2. The molecular formula is C20H27N5O2. The number of nitrogens with one attached hydrogen (secondary N) is 1. The monoisotopic (exact) mass is 369 g/mol. The van der Waals surface area contributed by atoms with Crippen molar-refractivity contribution in [2.45, 2.75) is 26.3 Å². The minimum absolute atomic E-state index is 0.0363. The molecule has 1 amide bonds. The highest BCUT2D eigenvalue weighted by Crippen LogP contribution is 2.35. The Bertz CT molecular complexity index is 791. The molecule has 0 unspecified atom stereocenters. The van der Waals surface area contributed by atoms with Gasteiger partial charge in [-0.25, -0.2) is 9.97 Å². The molecule has 1 aromatic carbocycles. The molecule has 1 aromatic heterocycles. The van der Waals surface area contributed by atoms with Gasteiger partial charge in [0.05, 0.1) is 23.9 Å². The van der Waals surface area contributed by atoms with Gasteiger partial charge in [0.1, 0.15) is 5.75 Å². The van der Waals surface area contributed by atoms with Crippen LogP contribution in [-0.2, 0) is 0 Å². The zero-order valence-corrected chi connectivity index (χ0v) is 16.4. The molecule has 0 atom stereocenters. The number of carbonyl (C=O) groups excluding carboxylic acids is 1. The van der Waals surface area contributed by atoms with Crippen molar-refractivity contribution >= 4 is 17.5 Å². The molecule has 1 aliphatic heterocycles. The molecule has 0 saturated carbocycles. The van der Waals surface area contributed by atoms with Gasteiger partial charge >= 0.3 is 0 Å². The second-order valence-electron chi connectivity index (χ2n) is 7.19. The predicted octanol–water partition coefficient (Wildman–Crippen LogP) is 2.66. The fraction of sp³-hybridized carbons (Fsp3) is 0.450. The van der Waals surface area contributed by atoms with E-state index in [-0.39, 0.29) is 11.4 Å². The Balaban J connectivity index is 1.75. The van der Waals surface area contributed by atoms with E-state index in [0.717, 1.165) is 24.5 Å². The minimum Gasteiger partial charge on any atom is -0.495 e. The summed E-state index contributed by atoms with van der Waals surface area (Å²) < 4.78 is 5.52. The summed E-state index contributed by atoms with van der Waals surface area (Å²) in [6.45, 7) is 8.98. The first kappa shape index (κ1) is 18.9. The Morgan fingerprint density at radius 2 is 1.93 bits per heavy atom. The van der Waals surface area contributed by atoms with Crippen molar-refractivity contribution in [3.05, 3.63) is 42.2 Å². The van der Waals surface area contributed by atoms with Crippen LogP contribution in [0, 0.1) is 0 Å². The SMILES string of the molecule is CCNc1ncc(C(=O)N2CCN(c3ccccc3OC)C(C)(C)C2)cn1. The van der Waals surface area contributed by atoms with Crippen molar-refractivity contribution in [2.24, 2.45) is 0 Å². The Hall–Kier alpha value is -2.83. The number of amides is 1. The van der Waals surface area contributed by atoms with Gasteiger partial charge in [0.15, 0.2) is 0 Å². The predicted molar refractivity (Wildman–Crippen MR) is 107 cm³/mol. The van der Waals surface area contributed by atoms with Crippen LogP contribution in [0.15, 0.2) is 36.7 Å². The van der Waals surface area contributed by atoms with Crippen molar-refractivity contribution in [3.63, 3.8) is 0 Å². The van der Waals surface area contributed by atoms with Crippen LogP contribution in [0.5, 0.6) is 5.75 Å². The maximum Gasteiger partial charge on any atom is 0.257 e. The highest BCUT2D eigenvalue weighted by Gasteiger charge is 2.37. The van der Waals surface area contributed by atoms with Crippen LogP contribution in [0.25, 0.3) is 0 Å². The number of rotatable bonds is 5. The zero-order valence-electron chi connectivity index (χ0n) is 16.4. The largest absolute Gasteiger partial charge is 0.495 e. The van der Waals surface area contributed by atoms with E-state index in [4.69, 9.17) is 4.74 Å². The van der Waals surface area contributed by atoms with E-state index in [0.29, 0.717) is 24.6 Å². The van der Waals surface area contributed by atoms with Gasteiger partial charge < -0.3 is 19.9 Å². The van der Waals surface area contributed by atoms with Crippen molar-refractivity contribution < 1.29 is 9.53 Å². The summed E-state index contributed by atoms with van der Waals surface area (Å²) in [5.74, 6) is 1.35. The van der Waals surface area contributed by atoms with Crippen LogP contribution in [0.4, 0.5) is 11.6 Å². The summed E-state index contributed by atoms with van der Waals surface area (Å²) >= 11 is 0. The molecule has 7 heteroatoms. The fourth-order valence-corrected chi connectivity index (χ4v) is 3.50. The quantitative estimate of drug-likeness (QED) is 0.874. The standard InChI is InChI=1S/C20H27N5O2/c1-5-21-19-22-12-15(13-23-19)18(26)24-10-11-25(20(2,3)14-24)16-8-6-7-9-17(16)27-4/h6-9,12-13H,5,10-11,14H2,1-4H3,(H,21,22,23). The molecule has 2 heterocycles. The first-order chi connectivity index (χ1) is 13.0. The average molecular weight is 369 g/mol. The van der Waals surface area contributed by atoms with Crippen LogP contribution >= 0.6 is 0 Å². The lowest BCUT2D eigenvalue weighted by Crippen LogP contribution is -2.60. The van der Waals surface area contributed by atoms with Crippen LogP contribution in [0.3, 0.4) is 0 Å². The second-order valence-corrected chi connectivity index (χ2v) is 7.19. The molecule has 1 N–H and O–H groups in total. The molecule has 1 fully saturated rings. The molecule has 2 aromatic rings. The molecular weight excluding hydrogens is 342 g/mol. The van der Waals surface area contributed by atoms with Crippen molar-refractivity contribution in [1.82, 2.24) is 14.9 Å². The summed E-state index contributed by atoms with van der Waals surface area (Å²) in [5, 5.41) is 3.04. The van der Waals surface area contributed by atoms with Crippen molar-refractivity contribution in [2.75, 3.05) is 43.5 Å². The zero-order chi connectivity index (χ0) is 19.4. The molecule has 1 saturated heterocycles. The molecule has 0 radical (unpaired) electrons. The number of carbonyl (C=O) groups is 1. The number of anilines is 2. The van der Waals surface area contributed by atoms with Gasteiger partial charge in [-0.05, 0) is 32.9 Å². The summed E-state index contributed by atoms with van der Waals surface area (Å²) in [5.41, 5.74) is 1.33. The van der Waals surface area contributed by atoms with Gasteiger partial charge in [0.25, 0.3) is 5.91 Å². The second kappa shape index (κ2) is 7.82. The van der Waals surface area contributed by atoms with Gasteiger partial charge in [-0.15, -0.1) is 0 Å². The number of piperazine rings is 1. The van der Waals surface area contributed by atoms with Gasteiger partial charge in [-0.3, -0.25) is 4.79 Å². The van der Waals surface area contributed by atoms with Crippen molar-refractivity contribution in [3.8, 4) is 5.75 Å². The molecule has 3 rings (SSSR count).